The number of aromatic nitrogens is 4. The van der Waals surface area contributed by atoms with Gasteiger partial charge in [0.1, 0.15) is 48.3 Å². The second-order valence-corrected chi connectivity index (χ2v) is 22.0. The van der Waals surface area contributed by atoms with Crippen molar-refractivity contribution in [2.45, 2.75) is 146 Å². The molecule has 0 spiro atoms. The minimum Gasteiger partial charge on any atom is -0.480 e. The molecule has 0 aliphatic carbocycles. The Morgan fingerprint density at radius 2 is 0.988 bits per heavy atom. The predicted octanol–water partition coefficient (Wildman–Crippen LogP) is 1.57. The van der Waals surface area contributed by atoms with E-state index in [4.69, 9.17) is 0 Å². The molecule has 2 aliphatic rings. The molecule has 2 aromatic heterocycles. The van der Waals surface area contributed by atoms with E-state index in [0.29, 0.717) is 47.5 Å². The van der Waals surface area contributed by atoms with Gasteiger partial charge in [0.05, 0.1) is 18.7 Å². The van der Waals surface area contributed by atoms with Crippen LogP contribution in [0.3, 0.4) is 0 Å². The van der Waals surface area contributed by atoms with Gasteiger partial charge in [-0.3, -0.25) is 38.4 Å². The number of carboxylic acid groups (broad SMARTS) is 1. The molecule has 9 atom stereocenters. The average Bonchev–Trinajstić information content (AvgIpc) is 4.57. The maximum absolute atomic E-state index is 14.8. The van der Waals surface area contributed by atoms with Crippen molar-refractivity contribution in [3.05, 3.63) is 144 Å². The van der Waals surface area contributed by atoms with Gasteiger partial charge in [-0.2, -0.15) is 0 Å². The second kappa shape index (κ2) is 30.4. The number of nitrogens with one attached hydrogen (secondary N) is 10. The Hall–Kier alpha value is -8.73. The molecule has 83 heavy (non-hydrogen) atoms. The molecule has 2 fully saturated rings. The summed E-state index contributed by atoms with van der Waals surface area (Å²) in [7, 11) is 0. The zero-order chi connectivity index (χ0) is 59.4. The highest BCUT2D eigenvalue weighted by Crippen LogP contribution is 2.21. The molecule has 2 saturated heterocycles. The number of likely N-dealkylation sites (tertiary alicyclic amines) is 1. The fraction of sp³-hybridized carbons (Fsp3) is 0.450. The van der Waals surface area contributed by atoms with E-state index in [9.17, 15) is 48.3 Å². The maximum Gasteiger partial charge on any atom is 0.326 e. The summed E-state index contributed by atoms with van der Waals surface area (Å²) in [5.74, 6) is -7.09. The monoisotopic (exact) mass is 1140 g/mol. The summed E-state index contributed by atoms with van der Waals surface area (Å²) in [5, 5.41) is 32.8. The molecular weight excluding hydrogens is 1060 g/mol. The highest BCUT2D eigenvalue weighted by atomic mass is 16.4. The van der Waals surface area contributed by atoms with E-state index in [-0.39, 0.29) is 63.3 Å². The number of carboxylic acids is 1. The average molecular weight is 1140 g/mol. The van der Waals surface area contributed by atoms with E-state index in [1.165, 1.54) is 23.8 Å². The van der Waals surface area contributed by atoms with Crippen molar-refractivity contribution in [2.24, 2.45) is 11.8 Å². The van der Waals surface area contributed by atoms with Gasteiger partial charge in [-0.25, -0.2) is 14.8 Å². The molecule has 23 nitrogen and oxygen atoms in total. The lowest BCUT2D eigenvalue weighted by Gasteiger charge is -2.31. The second-order valence-electron chi connectivity index (χ2n) is 22.0. The van der Waals surface area contributed by atoms with E-state index < -0.39 is 108 Å². The first-order chi connectivity index (χ1) is 39.9. The number of imidazole rings is 2. The normalized spacial score (nSPS) is 17.4. The van der Waals surface area contributed by atoms with Crippen molar-refractivity contribution in [3.63, 3.8) is 0 Å². The lowest BCUT2D eigenvalue weighted by molar-refractivity contribution is -0.142. The maximum atomic E-state index is 14.8. The number of nitrogens with zero attached hydrogens (tertiary/aromatic N) is 3. The third kappa shape index (κ3) is 18.4. The van der Waals surface area contributed by atoms with E-state index in [2.05, 4.69) is 62.5 Å². The zero-order valence-electron chi connectivity index (χ0n) is 47.3. The number of carbonyl (C=O) groups excluding carboxylic acids is 8. The molecule has 0 unspecified atom stereocenters. The van der Waals surface area contributed by atoms with Crippen LogP contribution in [-0.4, -0.2) is 151 Å². The smallest absolute Gasteiger partial charge is 0.326 e. The van der Waals surface area contributed by atoms with E-state index in [1.54, 1.807) is 111 Å². The zero-order valence-corrected chi connectivity index (χ0v) is 47.3. The number of aliphatic carboxylic acids is 1. The molecule has 2 aliphatic heterocycles. The largest absolute Gasteiger partial charge is 0.480 e. The van der Waals surface area contributed by atoms with Crippen LogP contribution in [0, 0.1) is 11.8 Å². The van der Waals surface area contributed by atoms with Gasteiger partial charge in [-0.15, -0.1) is 0 Å². The number of amides is 8. The Balaban J connectivity index is 1.09. The molecule has 5 aromatic rings. The topological polar surface area (TPSA) is 331 Å². The van der Waals surface area contributed by atoms with Crippen LogP contribution in [0.1, 0.15) is 87.9 Å². The summed E-state index contributed by atoms with van der Waals surface area (Å²) in [6, 6.07) is 16.4. The van der Waals surface area contributed by atoms with Gasteiger partial charge in [0.25, 0.3) is 0 Å². The number of hydrogen-bond donors (Lipinski definition) is 11. The van der Waals surface area contributed by atoms with Gasteiger partial charge in [0.2, 0.25) is 47.3 Å². The van der Waals surface area contributed by atoms with Crippen molar-refractivity contribution in [1.82, 2.24) is 67.4 Å². The van der Waals surface area contributed by atoms with Crippen LogP contribution in [0.5, 0.6) is 0 Å². The van der Waals surface area contributed by atoms with E-state index in [0.717, 1.165) is 6.42 Å². The standard InChI is InChI=1S/C60H77N13O10/c1-36(2)26-44(53(75)67-46(28-39-18-10-6-11-19-39)56(78)72-51(37(3)4)58(80)71-49(60(82)83)29-40-20-12-7-13-21-40)66-55(77)47(30-41-32-61-34-64-41)68-54(76)45(27-38-16-8-5-9-17-38)69-57(79)50-23-15-25-73(50)59(81)48(31-42-33-62-35-65-42)70-52(74)43-22-14-24-63-43/h5-13,16-21,32-37,43-51,63H,14-15,22-31H2,1-4H3,(H,61,64)(H,62,65)(H,66,77)(H,67,75)(H,68,76)(H,69,79)(H,70,74)(H,71,80)(H,72,78)(H,82,83)/t43-,44-,45-,46-,47-,48-,49-,50-,51-/m0/s1. The fourth-order valence-electron chi connectivity index (χ4n) is 10.3. The number of aromatic amines is 2. The Morgan fingerprint density at radius 1 is 0.530 bits per heavy atom. The van der Waals surface area contributed by atoms with Crippen LogP contribution in [0.25, 0.3) is 0 Å². The SMILES string of the molecule is CC(C)C[C@H](NC(=O)[C@H](Cc1cnc[nH]1)NC(=O)[C@H](Cc1ccccc1)NC(=O)[C@@H]1CCCN1C(=O)[C@H](Cc1cnc[nH]1)NC(=O)[C@@H]1CCCN1)C(=O)N[C@@H](Cc1ccccc1)C(=O)N[C@H](C(=O)N[C@@H](Cc1ccccc1)C(=O)O)C(C)C. The third-order valence-electron chi connectivity index (χ3n) is 14.7. The van der Waals surface area contributed by atoms with Gasteiger partial charge >= 0.3 is 5.97 Å². The highest BCUT2D eigenvalue weighted by Gasteiger charge is 2.41. The first kappa shape index (κ1) is 61.9. The van der Waals surface area contributed by atoms with Crippen molar-refractivity contribution < 1.29 is 48.3 Å². The van der Waals surface area contributed by atoms with Crippen molar-refractivity contribution in [1.29, 1.82) is 0 Å². The molecule has 4 heterocycles. The van der Waals surface area contributed by atoms with Crippen LogP contribution in [0.15, 0.2) is 116 Å². The molecule has 23 heteroatoms. The molecule has 11 N–H and O–H groups in total. The summed E-state index contributed by atoms with van der Waals surface area (Å²) in [5.41, 5.74) is 3.09. The Bertz CT molecular complexity index is 2940. The quantitative estimate of drug-likeness (QED) is 0.0325. The van der Waals surface area contributed by atoms with Crippen LogP contribution < -0.4 is 42.5 Å². The first-order valence-corrected chi connectivity index (χ1v) is 28.4. The predicted molar refractivity (Wildman–Crippen MR) is 306 cm³/mol. The number of hydrogen-bond acceptors (Lipinski definition) is 12. The Morgan fingerprint density at radius 3 is 1.47 bits per heavy atom. The van der Waals surface area contributed by atoms with E-state index >= 15 is 0 Å². The van der Waals surface area contributed by atoms with Crippen molar-refractivity contribution in [3.8, 4) is 0 Å². The summed E-state index contributed by atoms with van der Waals surface area (Å²) in [6.45, 7) is 7.97. The van der Waals surface area contributed by atoms with Crippen molar-refractivity contribution in [2.75, 3.05) is 13.1 Å². The Kier molecular flexibility index (Phi) is 22.6. The molecule has 0 saturated carbocycles. The van der Waals surface area contributed by atoms with Gasteiger partial charge in [-0.1, -0.05) is 119 Å². The minimum atomic E-state index is -1.36. The number of benzene rings is 3. The minimum absolute atomic E-state index is 0.00622. The molecule has 3 aromatic carbocycles. The molecule has 0 bridgehead atoms. The number of carbonyl (C=O) groups is 9. The van der Waals surface area contributed by atoms with E-state index in [1.807, 2.05) is 13.8 Å². The van der Waals surface area contributed by atoms with Crippen LogP contribution in [0.2, 0.25) is 0 Å². The molecular formula is C60H77N13O10. The summed E-state index contributed by atoms with van der Waals surface area (Å²) < 4.78 is 0. The fourth-order valence-corrected chi connectivity index (χ4v) is 10.3. The van der Waals surface area contributed by atoms with Gasteiger partial charge in [0, 0.05) is 62.4 Å². The van der Waals surface area contributed by atoms with Crippen LogP contribution >= 0.6 is 0 Å². The highest BCUT2D eigenvalue weighted by molar-refractivity contribution is 5.98. The summed E-state index contributed by atoms with van der Waals surface area (Å²) >= 11 is 0. The summed E-state index contributed by atoms with van der Waals surface area (Å²) in [4.78, 5) is 143. The van der Waals surface area contributed by atoms with Crippen molar-refractivity contribution >= 4 is 53.2 Å². The van der Waals surface area contributed by atoms with Gasteiger partial charge < -0.3 is 62.5 Å². The number of rotatable bonds is 29. The molecule has 8 amide bonds. The molecule has 0 radical (unpaired) electrons. The van der Waals surface area contributed by atoms with Crippen LogP contribution in [0.4, 0.5) is 0 Å². The number of H-pyrrole nitrogens is 2. The molecule has 7 rings (SSSR count). The third-order valence-corrected chi connectivity index (χ3v) is 14.7. The lowest BCUT2D eigenvalue weighted by atomic mass is 9.98. The van der Waals surface area contributed by atoms with Gasteiger partial charge in [0.15, 0.2) is 0 Å². The van der Waals surface area contributed by atoms with Gasteiger partial charge in [-0.05, 0) is 67.2 Å². The first-order valence-electron chi connectivity index (χ1n) is 28.4. The molecule has 442 valence electrons. The van der Waals surface area contributed by atoms with Crippen LogP contribution in [-0.2, 0) is 75.3 Å². The lowest BCUT2D eigenvalue weighted by Crippen LogP contribution is -2.61. The Labute approximate surface area is 482 Å². The summed E-state index contributed by atoms with van der Waals surface area (Å²) in [6.07, 6.45) is 8.11.